The summed E-state index contributed by atoms with van der Waals surface area (Å²) in [6, 6.07) is 0. The molecule has 5 heteroatoms. The first-order valence-electron chi connectivity index (χ1n) is 8.01. The van der Waals surface area contributed by atoms with Crippen LogP contribution in [-0.2, 0) is 11.3 Å². The number of hydrogen-bond donors (Lipinski definition) is 1. The number of aryl methyl sites for hydroxylation is 1. The Bertz CT molecular complexity index is 431. The van der Waals surface area contributed by atoms with Gasteiger partial charge in [0.25, 0.3) is 0 Å². The maximum absolute atomic E-state index is 5.32. The Balaban J connectivity index is 1.94. The highest BCUT2D eigenvalue weighted by atomic mass is 32.1. The Morgan fingerprint density at radius 1 is 1.48 bits per heavy atom. The second-order valence-electron chi connectivity index (χ2n) is 6.44. The number of rotatable bonds is 7. The van der Waals surface area contributed by atoms with Gasteiger partial charge >= 0.3 is 0 Å². The molecule has 1 unspecified atom stereocenters. The molecule has 1 aromatic heterocycles. The van der Waals surface area contributed by atoms with Gasteiger partial charge in [0.2, 0.25) is 0 Å². The Hall–Kier alpha value is -0.650. The summed E-state index contributed by atoms with van der Waals surface area (Å²) in [5.74, 6) is 1.34. The molecule has 1 N–H and O–H groups in total. The number of anilines is 1. The third kappa shape index (κ3) is 4.94. The molecular formula is C16H29N3OS. The van der Waals surface area contributed by atoms with E-state index in [-0.39, 0.29) is 0 Å². The van der Waals surface area contributed by atoms with Gasteiger partial charge in [-0.25, -0.2) is 4.98 Å². The van der Waals surface area contributed by atoms with Crippen LogP contribution in [0.5, 0.6) is 0 Å². The molecule has 0 spiro atoms. The van der Waals surface area contributed by atoms with Gasteiger partial charge in [-0.2, -0.15) is 0 Å². The van der Waals surface area contributed by atoms with Gasteiger partial charge in [-0.05, 0) is 38.1 Å². The summed E-state index contributed by atoms with van der Waals surface area (Å²) in [5, 5.41) is 4.71. The van der Waals surface area contributed by atoms with Gasteiger partial charge in [-0.1, -0.05) is 13.8 Å². The fourth-order valence-electron chi connectivity index (χ4n) is 2.80. The summed E-state index contributed by atoms with van der Waals surface area (Å²) in [4.78, 5) is 8.61. The zero-order chi connectivity index (χ0) is 15.2. The number of hydrogen-bond acceptors (Lipinski definition) is 5. The minimum Gasteiger partial charge on any atom is -0.384 e. The molecule has 2 heterocycles. The van der Waals surface area contributed by atoms with Gasteiger partial charge in [0.15, 0.2) is 5.13 Å². The van der Waals surface area contributed by atoms with Crippen LogP contribution < -0.4 is 10.2 Å². The smallest absolute Gasteiger partial charge is 0.185 e. The highest BCUT2D eigenvalue weighted by molar-refractivity contribution is 7.15. The minimum atomic E-state index is 0.649. The molecule has 1 aliphatic rings. The van der Waals surface area contributed by atoms with Crippen LogP contribution in [0.25, 0.3) is 0 Å². The lowest BCUT2D eigenvalue weighted by molar-refractivity contribution is 0.143. The molecule has 4 nitrogen and oxygen atoms in total. The molecule has 0 radical (unpaired) electrons. The first kappa shape index (κ1) is 16.7. The van der Waals surface area contributed by atoms with Crippen molar-refractivity contribution in [3.63, 3.8) is 0 Å². The molecule has 1 saturated heterocycles. The zero-order valence-electron chi connectivity index (χ0n) is 13.8. The molecule has 0 bridgehead atoms. The van der Waals surface area contributed by atoms with E-state index < -0.39 is 0 Å². The van der Waals surface area contributed by atoms with Gasteiger partial charge in [0.05, 0.1) is 12.3 Å². The number of aromatic nitrogens is 1. The lowest BCUT2D eigenvalue weighted by Gasteiger charge is -2.32. The van der Waals surface area contributed by atoms with E-state index in [4.69, 9.17) is 9.72 Å². The van der Waals surface area contributed by atoms with Crippen LogP contribution in [0.1, 0.15) is 37.3 Å². The first-order valence-corrected chi connectivity index (χ1v) is 8.82. The SMILES string of the molecule is COCC1CCCN(c2nc(C)c(CNCC(C)C)s2)C1. The molecular weight excluding hydrogens is 282 g/mol. The normalized spacial score (nSPS) is 19.5. The van der Waals surface area contributed by atoms with Crippen LogP contribution in [0, 0.1) is 18.8 Å². The highest BCUT2D eigenvalue weighted by Crippen LogP contribution is 2.29. The molecule has 1 fully saturated rings. The van der Waals surface area contributed by atoms with Crippen molar-refractivity contribution in [2.75, 3.05) is 38.3 Å². The predicted molar refractivity (Wildman–Crippen MR) is 90.2 cm³/mol. The van der Waals surface area contributed by atoms with Crippen molar-refractivity contribution in [3.8, 4) is 0 Å². The zero-order valence-corrected chi connectivity index (χ0v) is 14.6. The minimum absolute atomic E-state index is 0.649. The lowest BCUT2D eigenvalue weighted by atomic mass is 9.99. The quantitative estimate of drug-likeness (QED) is 0.840. The molecule has 21 heavy (non-hydrogen) atoms. The first-order chi connectivity index (χ1) is 10.1. The molecule has 120 valence electrons. The molecule has 1 aromatic rings. The summed E-state index contributed by atoms with van der Waals surface area (Å²) in [5.41, 5.74) is 1.18. The fraction of sp³-hybridized carbons (Fsp3) is 0.812. The number of piperidine rings is 1. The second kappa shape index (κ2) is 8.11. The summed E-state index contributed by atoms with van der Waals surface area (Å²) in [7, 11) is 1.80. The Kier molecular flexibility index (Phi) is 6.45. The summed E-state index contributed by atoms with van der Waals surface area (Å²) < 4.78 is 5.32. The Labute approximate surface area is 132 Å². The summed E-state index contributed by atoms with van der Waals surface area (Å²) in [6.07, 6.45) is 2.52. The lowest BCUT2D eigenvalue weighted by Crippen LogP contribution is -2.37. The van der Waals surface area contributed by atoms with Crippen molar-refractivity contribution in [1.82, 2.24) is 10.3 Å². The van der Waals surface area contributed by atoms with Crippen LogP contribution in [0.4, 0.5) is 5.13 Å². The van der Waals surface area contributed by atoms with Crippen LogP contribution in [0.2, 0.25) is 0 Å². The van der Waals surface area contributed by atoms with Crippen LogP contribution in [0.15, 0.2) is 0 Å². The monoisotopic (exact) mass is 311 g/mol. The van der Waals surface area contributed by atoms with E-state index >= 15 is 0 Å². The van der Waals surface area contributed by atoms with Crippen LogP contribution >= 0.6 is 11.3 Å². The maximum atomic E-state index is 5.32. The summed E-state index contributed by atoms with van der Waals surface area (Å²) >= 11 is 1.85. The largest absolute Gasteiger partial charge is 0.384 e. The van der Waals surface area contributed by atoms with Crippen LogP contribution in [0.3, 0.4) is 0 Å². The Morgan fingerprint density at radius 2 is 2.29 bits per heavy atom. The third-order valence-electron chi connectivity index (χ3n) is 3.91. The van der Waals surface area contributed by atoms with Gasteiger partial charge in [0, 0.05) is 31.6 Å². The third-order valence-corrected chi connectivity index (χ3v) is 5.13. The number of methoxy groups -OCH3 is 1. The number of nitrogens with zero attached hydrogens (tertiary/aromatic N) is 2. The molecule has 0 aromatic carbocycles. The van der Waals surface area contributed by atoms with Gasteiger partial charge < -0.3 is 15.0 Å². The van der Waals surface area contributed by atoms with Crippen molar-refractivity contribution < 1.29 is 4.74 Å². The molecule has 0 amide bonds. The van der Waals surface area contributed by atoms with E-state index in [0.717, 1.165) is 32.8 Å². The number of thiazole rings is 1. The molecule has 1 aliphatic heterocycles. The average Bonchev–Trinajstić information content (AvgIpc) is 2.81. The maximum Gasteiger partial charge on any atom is 0.185 e. The van der Waals surface area contributed by atoms with Gasteiger partial charge in [0.1, 0.15) is 0 Å². The van der Waals surface area contributed by atoms with E-state index in [1.165, 1.54) is 28.5 Å². The van der Waals surface area contributed by atoms with E-state index in [2.05, 4.69) is 31.0 Å². The van der Waals surface area contributed by atoms with Crippen molar-refractivity contribution in [2.24, 2.45) is 11.8 Å². The van der Waals surface area contributed by atoms with Crippen molar-refractivity contribution >= 4 is 16.5 Å². The number of ether oxygens (including phenoxy) is 1. The molecule has 1 atom stereocenters. The van der Waals surface area contributed by atoms with Crippen molar-refractivity contribution in [1.29, 1.82) is 0 Å². The van der Waals surface area contributed by atoms with Gasteiger partial charge in [-0.3, -0.25) is 0 Å². The van der Waals surface area contributed by atoms with E-state index in [0.29, 0.717) is 11.8 Å². The predicted octanol–water partition coefficient (Wildman–Crippen LogP) is 3.06. The van der Waals surface area contributed by atoms with E-state index in [9.17, 15) is 0 Å². The fourth-order valence-corrected chi connectivity index (χ4v) is 3.86. The average molecular weight is 311 g/mol. The Morgan fingerprint density at radius 3 is 3.00 bits per heavy atom. The second-order valence-corrected chi connectivity index (χ2v) is 7.50. The van der Waals surface area contributed by atoms with Crippen molar-refractivity contribution in [3.05, 3.63) is 10.6 Å². The van der Waals surface area contributed by atoms with E-state index in [1.54, 1.807) is 7.11 Å². The summed E-state index contributed by atoms with van der Waals surface area (Å²) in [6.45, 7) is 11.7. The highest BCUT2D eigenvalue weighted by Gasteiger charge is 2.22. The van der Waals surface area contributed by atoms with Crippen molar-refractivity contribution in [2.45, 2.75) is 40.2 Å². The molecule has 0 saturated carbocycles. The van der Waals surface area contributed by atoms with E-state index in [1.807, 2.05) is 11.3 Å². The number of nitrogens with one attached hydrogen (secondary N) is 1. The van der Waals surface area contributed by atoms with Crippen LogP contribution in [-0.4, -0.2) is 38.3 Å². The molecule has 2 rings (SSSR count). The topological polar surface area (TPSA) is 37.4 Å². The standard InChI is InChI=1S/C16H29N3OS/c1-12(2)8-17-9-15-13(3)18-16(21-15)19-7-5-6-14(10-19)11-20-4/h12,14,17H,5-11H2,1-4H3. The molecule has 0 aliphatic carbocycles. The van der Waals surface area contributed by atoms with Gasteiger partial charge in [-0.15, -0.1) is 11.3 Å².